The van der Waals surface area contributed by atoms with Crippen molar-refractivity contribution in [2.45, 2.75) is 25.7 Å². The van der Waals surface area contributed by atoms with Crippen LogP contribution in [-0.2, 0) is 19.1 Å². The van der Waals surface area contributed by atoms with Crippen LogP contribution in [0.1, 0.15) is 36.0 Å². The number of carbonyl (C=O) groups excluding carboxylic acids is 3. The topological polar surface area (TPSA) is 93.7 Å². The fourth-order valence-corrected chi connectivity index (χ4v) is 3.30. The first kappa shape index (κ1) is 21.2. The summed E-state index contributed by atoms with van der Waals surface area (Å²) in [5.41, 5.74) is 0.692. The molecule has 1 aliphatic carbocycles. The average molecular weight is 397 g/mol. The zero-order valence-corrected chi connectivity index (χ0v) is 16.3. The van der Waals surface area contributed by atoms with E-state index in [0.717, 1.165) is 0 Å². The summed E-state index contributed by atoms with van der Waals surface area (Å²) in [6.07, 6.45) is 2.57. The van der Waals surface area contributed by atoms with E-state index in [1.165, 1.54) is 19.2 Å². The standard InChI is InChI=1S/C19H25ClN2O5/c1-26-10-9-21-17(23)12-3-5-13(6-4-12)18(24)22-16-11-14(19(25)27-2)7-8-15(16)20/h7-8,11-13H,3-6,9-10H2,1-2H3,(H,21,23)(H,22,24). The van der Waals surface area contributed by atoms with E-state index in [2.05, 4.69) is 15.4 Å². The van der Waals surface area contributed by atoms with Gasteiger partial charge in [-0.05, 0) is 43.9 Å². The van der Waals surface area contributed by atoms with Crippen molar-refractivity contribution in [1.82, 2.24) is 5.32 Å². The fourth-order valence-electron chi connectivity index (χ4n) is 3.14. The van der Waals surface area contributed by atoms with E-state index in [9.17, 15) is 14.4 Å². The number of amides is 2. The van der Waals surface area contributed by atoms with Crippen LogP contribution in [-0.4, -0.2) is 45.2 Å². The smallest absolute Gasteiger partial charge is 0.337 e. The van der Waals surface area contributed by atoms with Gasteiger partial charge in [0.1, 0.15) is 0 Å². The lowest BCUT2D eigenvalue weighted by Gasteiger charge is -2.27. The number of methoxy groups -OCH3 is 2. The number of carbonyl (C=O) groups is 3. The maximum Gasteiger partial charge on any atom is 0.337 e. The second-order valence-corrected chi connectivity index (χ2v) is 6.92. The van der Waals surface area contributed by atoms with E-state index in [-0.39, 0.29) is 23.7 Å². The molecule has 0 atom stereocenters. The first-order valence-corrected chi connectivity index (χ1v) is 9.29. The molecule has 2 rings (SSSR count). The summed E-state index contributed by atoms with van der Waals surface area (Å²) in [5, 5.41) is 5.98. The Kier molecular flexibility index (Phi) is 8.06. The minimum absolute atomic E-state index is 0.0136. The number of ether oxygens (including phenoxy) is 2. The highest BCUT2D eigenvalue weighted by Gasteiger charge is 2.30. The Balaban J connectivity index is 1.89. The Bertz CT molecular complexity index is 687. The molecular weight excluding hydrogens is 372 g/mol. The molecule has 0 spiro atoms. The third kappa shape index (κ3) is 5.94. The van der Waals surface area contributed by atoms with E-state index in [1.54, 1.807) is 13.2 Å². The number of nitrogens with one attached hydrogen (secondary N) is 2. The summed E-state index contributed by atoms with van der Waals surface area (Å²) >= 11 is 6.12. The minimum Gasteiger partial charge on any atom is -0.465 e. The predicted molar refractivity (Wildman–Crippen MR) is 102 cm³/mol. The van der Waals surface area contributed by atoms with Crippen molar-refractivity contribution in [1.29, 1.82) is 0 Å². The number of rotatable bonds is 7. The zero-order valence-electron chi connectivity index (χ0n) is 15.5. The number of halogens is 1. The van der Waals surface area contributed by atoms with Crippen LogP contribution >= 0.6 is 11.6 Å². The van der Waals surface area contributed by atoms with Gasteiger partial charge in [0.2, 0.25) is 11.8 Å². The van der Waals surface area contributed by atoms with E-state index in [4.69, 9.17) is 16.3 Å². The Hall–Kier alpha value is -2.12. The largest absolute Gasteiger partial charge is 0.465 e. The lowest BCUT2D eigenvalue weighted by atomic mass is 9.81. The van der Waals surface area contributed by atoms with Gasteiger partial charge in [0.25, 0.3) is 0 Å². The Labute approximate surface area is 163 Å². The predicted octanol–water partition coefficient (Wildman–Crippen LogP) is 2.63. The van der Waals surface area contributed by atoms with Crippen molar-refractivity contribution in [3.63, 3.8) is 0 Å². The zero-order chi connectivity index (χ0) is 19.8. The molecule has 0 bridgehead atoms. The highest BCUT2D eigenvalue weighted by atomic mass is 35.5. The lowest BCUT2D eigenvalue weighted by Crippen LogP contribution is -2.36. The molecule has 0 unspecified atom stereocenters. The van der Waals surface area contributed by atoms with E-state index in [1.807, 2.05) is 0 Å². The van der Waals surface area contributed by atoms with Gasteiger partial charge in [0.15, 0.2) is 0 Å². The number of hydrogen-bond donors (Lipinski definition) is 2. The monoisotopic (exact) mass is 396 g/mol. The summed E-state index contributed by atoms with van der Waals surface area (Å²) in [5.74, 6) is -0.901. The van der Waals surface area contributed by atoms with Gasteiger partial charge < -0.3 is 20.1 Å². The number of hydrogen-bond acceptors (Lipinski definition) is 5. The molecule has 1 fully saturated rings. The highest BCUT2D eigenvalue weighted by Crippen LogP contribution is 2.31. The third-order valence-electron chi connectivity index (χ3n) is 4.72. The molecule has 0 heterocycles. The molecule has 0 radical (unpaired) electrons. The molecule has 1 aromatic rings. The third-order valence-corrected chi connectivity index (χ3v) is 5.05. The first-order valence-electron chi connectivity index (χ1n) is 8.91. The molecule has 27 heavy (non-hydrogen) atoms. The molecule has 2 amide bonds. The highest BCUT2D eigenvalue weighted by molar-refractivity contribution is 6.33. The van der Waals surface area contributed by atoms with Crippen LogP contribution in [0.5, 0.6) is 0 Å². The summed E-state index contributed by atoms with van der Waals surface area (Å²) in [6.45, 7) is 0.972. The van der Waals surface area contributed by atoms with Crippen molar-refractivity contribution in [3.8, 4) is 0 Å². The lowest BCUT2D eigenvalue weighted by molar-refractivity contribution is -0.128. The molecule has 7 nitrogen and oxygen atoms in total. The van der Waals surface area contributed by atoms with Gasteiger partial charge in [-0.1, -0.05) is 11.6 Å². The van der Waals surface area contributed by atoms with Crippen LogP contribution in [0.3, 0.4) is 0 Å². The molecule has 1 aromatic carbocycles. The summed E-state index contributed by atoms with van der Waals surface area (Å²) in [7, 11) is 2.88. The van der Waals surface area contributed by atoms with Gasteiger partial charge in [-0.3, -0.25) is 9.59 Å². The second-order valence-electron chi connectivity index (χ2n) is 6.51. The van der Waals surface area contributed by atoms with E-state index in [0.29, 0.717) is 55.1 Å². The van der Waals surface area contributed by atoms with Gasteiger partial charge in [-0.15, -0.1) is 0 Å². The quantitative estimate of drug-likeness (QED) is 0.545. The Morgan fingerprint density at radius 2 is 1.70 bits per heavy atom. The van der Waals surface area contributed by atoms with Crippen molar-refractivity contribution in [3.05, 3.63) is 28.8 Å². The summed E-state index contributed by atoms with van der Waals surface area (Å²) < 4.78 is 9.60. The van der Waals surface area contributed by atoms with Crippen LogP contribution in [0.4, 0.5) is 5.69 Å². The van der Waals surface area contributed by atoms with Crippen LogP contribution in [0.15, 0.2) is 18.2 Å². The normalized spacial score (nSPS) is 19.2. The SMILES string of the molecule is COCCNC(=O)C1CCC(C(=O)Nc2cc(C(=O)OC)ccc2Cl)CC1. The summed E-state index contributed by atoms with van der Waals surface area (Å²) in [6, 6.07) is 4.59. The maximum absolute atomic E-state index is 12.6. The summed E-state index contributed by atoms with van der Waals surface area (Å²) in [4.78, 5) is 36.3. The molecular formula is C19H25ClN2O5. The molecule has 1 aliphatic rings. The van der Waals surface area contributed by atoms with E-state index < -0.39 is 5.97 Å². The van der Waals surface area contributed by atoms with Crippen molar-refractivity contribution in [2.75, 3.05) is 32.7 Å². The van der Waals surface area contributed by atoms with Gasteiger partial charge >= 0.3 is 5.97 Å². The molecule has 0 saturated heterocycles. The second kappa shape index (κ2) is 10.3. The molecule has 0 aliphatic heterocycles. The molecule has 0 aromatic heterocycles. The van der Waals surface area contributed by atoms with Crippen LogP contribution in [0.25, 0.3) is 0 Å². The van der Waals surface area contributed by atoms with Crippen molar-refractivity contribution in [2.24, 2.45) is 11.8 Å². The molecule has 148 valence electrons. The van der Waals surface area contributed by atoms with Crippen LogP contribution in [0.2, 0.25) is 5.02 Å². The molecule has 8 heteroatoms. The molecule has 2 N–H and O–H groups in total. The number of anilines is 1. The van der Waals surface area contributed by atoms with Crippen molar-refractivity contribution < 1.29 is 23.9 Å². The minimum atomic E-state index is -0.498. The van der Waals surface area contributed by atoms with E-state index >= 15 is 0 Å². The van der Waals surface area contributed by atoms with Crippen LogP contribution < -0.4 is 10.6 Å². The average Bonchev–Trinajstić information content (AvgIpc) is 2.69. The maximum atomic E-state index is 12.6. The van der Waals surface area contributed by atoms with Gasteiger partial charge in [-0.2, -0.15) is 0 Å². The van der Waals surface area contributed by atoms with Gasteiger partial charge in [0, 0.05) is 25.5 Å². The Morgan fingerprint density at radius 1 is 1.07 bits per heavy atom. The number of esters is 1. The Morgan fingerprint density at radius 3 is 2.30 bits per heavy atom. The van der Waals surface area contributed by atoms with Gasteiger partial charge in [-0.25, -0.2) is 4.79 Å². The van der Waals surface area contributed by atoms with Crippen molar-refractivity contribution >= 4 is 35.1 Å². The molecule has 1 saturated carbocycles. The first-order chi connectivity index (χ1) is 13.0. The van der Waals surface area contributed by atoms with Crippen LogP contribution in [0, 0.1) is 11.8 Å². The fraction of sp³-hybridized carbons (Fsp3) is 0.526. The van der Waals surface area contributed by atoms with Gasteiger partial charge in [0.05, 0.1) is 30.0 Å². The number of benzene rings is 1.